The fourth-order valence-electron chi connectivity index (χ4n) is 1.67. The normalized spacial score (nSPS) is 10.3. The topological polar surface area (TPSA) is 29.1 Å². The van der Waals surface area contributed by atoms with Gasteiger partial charge < -0.3 is 5.32 Å². The molecule has 0 aliphatic rings. The number of rotatable bonds is 2. The van der Waals surface area contributed by atoms with E-state index in [4.69, 9.17) is 0 Å². The van der Waals surface area contributed by atoms with Gasteiger partial charge in [0.1, 0.15) is 5.82 Å². The number of amides is 1. The number of benzene rings is 2. The summed E-state index contributed by atoms with van der Waals surface area (Å²) in [6.07, 6.45) is 0. The van der Waals surface area contributed by atoms with E-state index in [2.05, 4.69) is 21.2 Å². The van der Waals surface area contributed by atoms with Gasteiger partial charge in [-0.25, -0.2) is 4.39 Å². The first-order valence-electron chi connectivity index (χ1n) is 5.81. The molecule has 1 amide bonds. The largest absolute Gasteiger partial charge is 0.321 e. The van der Waals surface area contributed by atoms with Gasteiger partial charge in [-0.05, 0) is 77.3 Å². The van der Waals surface area contributed by atoms with Gasteiger partial charge in [-0.3, -0.25) is 4.79 Å². The summed E-state index contributed by atoms with van der Waals surface area (Å²) in [5, 5.41) is 2.81. The van der Waals surface area contributed by atoms with Crippen molar-refractivity contribution in [3.05, 3.63) is 63.4 Å². The van der Waals surface area contributed by atoms with E-state index in [1.54, 1.807) is 0 Å². The molecule has 0 fully saturated rings. The first-order valence-corrected chi connectivity index (χ1v) is 6.60. The van der Waals surface area contributed by atoms with Crippen LogP contribution in [-0.4, -0.2) is 5.91 Å². The minimum absolute atomic E-state index is 0.260. The third-order valence-electron chi connectivity index (χ3n) is 2.94. The molecule has 0 saturated carbocycles. The smallest absolute Gasteiger partial charge is 0.255 e. The van der Waals surface area contributed by atoms with Gasteiger partial charge in [0.25, 0.3) is 5.91 Å². The lowest BCUT2D eigenvalue weighted by atomic mass is 10.1. The minimum atomic E-state index is -0.357. The van der Waals surface area contributed by atoms with Crippen LogP contribution in [0.4, 0.5) is 10.1 Å². The predicted octanol–water partition coefficient (Wildman–Crippen LogP) is 4.46. The molecule has 0 radical (unpaired) electrons. The Morgan fingerprint density at radius 2 is 1.68 bits per heavy atom. The molecule has 0 aromatic heterocycles. The van der Waals surface area contributed by atoms with E-state index >= 15 is 0 Å². The molecule has 0 heterocycles. The molecular weight excluding hydrogens is 309 g/mol. The van der Waals surface area contributed by atoms with Gasteiger partial charge in [0.2, 0.25) is 0 Å². The highest BCUT2D eigenvalue weighted by molar-refractivity contribution is 9.10. The first-order chi connectivity index (χ1) is 8.97. The van der Waals surface area contributed by atoms with Gasteiger partial charge in [0, 0.05) is 10.0 Å². The Morgan fingerprint density at radius 1 is 1.11 bits per heavy atom. The van der Waals surface area contributed by atoms with Crippen LogP contribution in [0.25, 0.3) is 0 Å². The van der Waals surface area contributed by atoms with Crippen LogP contribution in [0.1, 0.15) is 21.5 Å². The van der Waals surface area contributed by atoms with E-state index in [1.165, 1.54) is 24.3 Å². The third kappa shape index (κ3) is 3.20. The summed E-state index contributed by atoms with van der Waals surface area (Å²) in [7, 11) is 0. The van der Waals surface area contributed by atoms with E-state index in [1.807, 2.05) is 26.0 Å². The summed E-state index contributed by atoms with van der Waals surface area (Å²) in [5.41, 5.74) is 3.37. The van der Waals surface area contributed by atoms with E-state index in [-0.39, 0.29) is 11.7 Å². The second kappa shape index (κ2) is 5.53. The highest BCUT2D eigenvalue weighted by atomic mass is 79.9. The quantitative estimate of drug-likeness (QED) is 0.869. The van der Waals surface area contributed by atoms with Crippen molar-refractivity contribution in [2.75, 3.05) is 5.32 Å². The average molecular weight is 322 g/mol. The summed E-state index contributed by atoms with van der Waals surface area (Å²) in [4.78, 5) is 12.0. The van der Waals surface area contributed by atoms with Crippen molar-refractivity contribution in [3.63, 3.8) is 0 Å². The standard InChI is InChI=1S/C15H13BrFNO/c1-9-7-13(16)14(8-10(9)2)18-15(19)11-3-5-12(17)6-4-11/h3-8H,1-2H3,(H,18,19). The van der Waals surface area contributed by atoms with E-state index in [0.717, 1.165) is 15.6 Å². The number of anilines is 1. The van der Waals surface area contributed by atoms with Crippen LogP contribution in [0.3, 0.4) is 0 Å². The molecule has 2 nitrogen and oxygen atoms in total. The SMILES string of the molecule is Cc1cc(Br)c(NC(=O)c2ccc(F)cc2)cc1C. The van der Waals surface area contributed by atoms with Crippen molar-refractivity contribution in [1.29, 1.82) is 0 Å². The first kappa shape index (κ1) is 13.7. The zero-order valence-corrected chi connectivity index (χ0v) is 12.2. The van der Waals surface area contributed by atoms with Gasteiger partial charge in [0.05, 0.1) is 5.69 Å². The van der Waals surface area contributed by atoms with Gasteiger partial charge in [0.15, 0.2) is 0 Å². The Labute approximate surface area is 119 Å². The lowest BCUT2D eigenvalue weighted by Crippen LogP contribution is -2.12. The van der Waals surface area contributed by atoms with Gasteiger partial charge in [-0.15, -0.1) is 0 Å². The summed E-state index contributed by atoms with van der Waals surface area (Å²) in [6.45, 7) is 3.99. The van der Waals surface area contributed by atoms with Crippen molar-refractivity contribution in [2.24, 2.45) is 0 Å². The van der Waals surface area contributed by atoms with Crippen molar-refractivity contribution >= 4 is 27.5 Å². The van der Waals surface area contributed by atoms with Gasteiger partial charge in [-0.2, -0.15) is 0 Å². The van der Waals surface area contributed by atoms with Crippen LogP contribution in [0.15, 0.2) is 40.9 Å². The molecule has 2 aromatic carbocycles. The molecule has 0 saturated heterocycles. The van der Waals surface area contributed by atoms with Crippen molar-refractivity contribution in [3.8, 4) is 0 Å². The summed E-state index contributed by atoms with van der Waals surface area (Å²) >= 11 is 3.42. The van der Waals surface area contributed by atoms with Crippen molar-refractivity contribution < 1.29 is 9.18 Å². The van der Waals surface area contributed by atoms with E-state index < -0.39 is 0 Å². The molecule has 4 heteroatoms. The maximum atomic E-state index is 12.8. The van der Waals surface area contributed by atoms with E-state index in [9.17, 15) is 9.18 Å². The maximum absolute atomic E-state index is 12.8. The molecule has 19 heavy (non-hydrogen) atoms. The highest BCUT2D eigenvalue weighted by Crippen LogP contribution is 2.26. The lowest BCUT2D eigenvalue weighted by molar-refractivity contribution is 0.102. The molecule has 2 aromatic rings. The van der Waals surface area contributed by atoms with Gasteiger partial charge >= 0.3 is 0 Å². The zero-order valence-electron chi connectivity index (χ0n) is 10.6. The average Bonchev–Trinajstić information content (AvgIpc) is 2.36. The molecule has 2 rings (SSSR count). The van der Waals surface area contributed by atoms with Crippen molar-refractivity contribution in [1.82, 2.24) is 0 Å². The summed E-state index contributed by atoms with van der Waals surface area (Å²) in [6, 6.07) is 9.31. The van der Waals surface area contributed by atoms with E-state index in [0.29, 0.717) is 11.3 Å². The minimum Gasteiger partial charge on any atom is -0.321 e. The number of halogens is 2. The molecule has 0 spiro atoms. The van der Waals surface area contributed by atoms with Crippen LogP contribution >= 0.6 is 15.9 Å². The molecule has 0 bridgehead atoms. The number of nitrogens with one attached hydrogen (secondary N) is 1. The maximum Gasteiger partial charge on any atom is 0.255 e. The number of aryl methyl sites for hydroxylation is 2. The fourth-order valence-corrected chi connectivity index (χ4v) is 2.23. The molecule has 1 N–H and O–H groups in total. The Balaban J connectivity index is 2.24. The second-order valence-corrected chi connectivity index (χ2v) is 5.23. The van der Waals surface area contributed by atoms with Gasteiger partial charge in [-0.1, -0.05) is 0 Å². The number of hydrogen-bond donors (Lipinski definition) is 1. The van der Waals surface area contributed by atoms with Crippen molar-refractivity contribution in [2.45, 2.75) is 13.8 Å². The predicted molar refractivity (Wildman–Crippen MR) is 78.0 cm³/mol. The van der Waals surface area contributed by atoms with Crippen LogP contribution in [0.2, 0.25) is 0 Å². The highest BCUT2D eigenvalue weighted by Gasteiger charge is 2.09. The second-order valence-electron chi connectivity index (χ2n) is 4.38. The Bertz CT molecular complexity index is 623. The molecule has 0 atom stereocenters. The fraction of sp³-hybridized carbons (Fsp3) is 0.133. The Morgan fingerprint density at radius 3 is 2.32 bits per heavy atom. The lowest BCUT2D eigenvalue weighted by Gasteiger charge is -2.10. The third-order valence-corrected chi connectivity index (χ3v) is 3.59. The number of carbonyl (C=O) groups is 1. The summed E-state index contributed by atoms with van der Waals surface area (Å²) < 4.78 is 13.6. The monoisotopic (exact) mass is 321 g/mol. The molecule has 0 aliphatic heterocycles. The summed E-state index contributed by atoms with van der Waals surface area (Å²) in [5.74, 6) is -0.618. The molecule has 98 valence electrons. The van der Waals surface area contributed by atoms with Crippen LogP contribution < -0.4 is 5.32 Å². The van der Waals surface area contributed by atoms with Crippen LogP contribution in [-0.2, 0) is 0 Å². The Kier molecular flexibility index (Phi) is 4.00. The number of carbonyl (C=O) groups excluding carboxylic acids is 1. The van der Waals surface area contributed by atoms with Crippen LogP contribution in [0.5, 0.6) is 0 Å². The molecular formula is C15H13BrFNO. The molecule has 0 aliphatic carbocycles. The Hall–Kier alpha value is -1.68. The zero-order chi connectivity index (χ0) is 14.0. The van der Waals surface area contributed by atoms with Crippen LogP contribution in [0, 0.1) is 19.7 Å². The number of hydrogen-bond acceptors (Lipinski definition) is 1. The molecule has 0 unspecified atom stereocenters.